The van der Waals surface area contributed by atoms with Crippen LogP contribution in [0.3, 0.4) is 0 Å². The predicted octanol–water partition coefficient (Wildman–Crippen LogP) is 2.49. The van der Waals surface area contributed by atoms with Crippen molar-refractivity contribution in [2.45, 2.75) is 29.8 Å². The number of piperidine rings is 1. The third-order valence-corrected chi connectivity index (χ3v) is 7.88. The molecule has 2 aromatic rings. The number of hydrogen-bond acceptors (Lipinski definition) is 7. The van der Waals surface area contributed by atoms with E-state index in [0.29, 0.717) is 30.1 Å². The maximum Gasteiger partial charge on any atom is 0.330 e. The maximum absolute atomic E-state index is 13.7. The first kappa shape index (κ1) is 23.2. The average Bonchev–Trinajstić information content (AvgIpc) is 3.28. The van der Waals surface area contributed by atoms with Gasteiger partial charge < -0.3 is 29.2 Å². The molecular weight excluding hydrogens is 448 g/mol. The molecule has 8 heteroatoms. The lowest BCUT2D eigenvalue weighted by Gasteiger charge is -2.60. The smallest absolute Gasteiger partial charge is 0.330 e. The monoisotopic (exact) mass is 478 g/mol. The van der Waals surface area contributed by atoms with Gasteiger partial charge in [-0.15, -0.1) is 0 Å². The van der Waals surface area contributed by atoms with Crippen molar-refractivity contribution in [2.75, 3.05) is 41.5 Å². The summed E-state index contributed by atoms with van der Waals surface area (Å²) in [5.41, 5.74) is 1.25. The molecule has 1 saturated heterocycles. The SMILES string of the molecule is COC(=O)/C=C\[C@@]1(NC(=O)c2ccc(OC)cc2)[C@H]2Cc3ccc(OC)c4c3[C@@]1(CCN2C)CO4. The van der Waals surface area contributed by atoms with E-state index in [4.69, 9.17) is 18.9 Å². The zero-order valence-electron chi connectivity index (χ0n) is 20.4. The highest BCUT2D eigenvalue weighted by Gasteiger charge is 2.66. The first-order chi connectivity index (χ1) is 16.9. The van der Waals surface area contributed by atoms with Gasteiger partial charge in [-0.2, -0.15) is 0 Å². The second kappa shape index (κ2) is 8.61. The van der Waals surface area contributed by atoms with Gasteiger partial charge in [-0.3, -0.25) is 4.79 Å². The zero-order chi connectivity index (χ0) is 24.8. The van der Waals surface area contributed by atoms with E-state index in [1.165, 1.54) is 18.7 Å². The molecule has 1 fully saturated rings. The van der Waals surface area contributed by atoms with Crippen molar-refractivity contribution in [1.82, 2.24) is 10.2 Å². The molecule has 0 radical (unpaired) electrons. The summed E-state index contributed by atoms with van der Waals surface area (Å²) in [6, 6.07) is 10.9. The first-order valence-corrected chi connectivity index (χ1v) is 11.7. The van der Waals surface area contributed by atoms with E-state index in [0.717, 1.165) is 24.3 Å². The molecule has 2 aliphatic heterocycles. The minimum atomic E-state index is -0.921. The molecule has 35 heavy (non-hydrogen) atoms. The highest BCUT2D eigenvalue weighted by Crippen LogP contribution is 2.59. The van der Waals surface area contributed by atoms with E-state index >= 15 is 0 Å². The molecule has 1 aliphatic carbocycles. The molecule has 2 bridgehead atoms. The van der Waals surface area contributed by atoms with Crippen molar-refractivity contribution in [3.05, 3.63) is 65.2 Å². The Bertz CT molecular complexity index is 1190. The van der Waals surface area contributed by atoms with Crippen LogP contribution in [0.1, 0.15) is 27.9 Å². The van der Waals surface area contributed by atoms with E-state index in [2.05, 4.69) is 23.3 Å². The van der Waals surface area contributed by atoms with Crippen molar-refractivity contribution < 1.29 is 28.5 Å². The van der Waals surface area contributed by atoms with Crippen LogP contribution in [0.15, 0.2) is 48.6 Å². The van der Waals surface area contributed by atoms with Crippen LogP contribution in [0.2, 0.25) is 0 Å². The number of likely N-dealkylation sites (N-methyl/N-ethyl adjacent to an activating group) is 1. The Kier molecular flexibility index (Phi) is 5.71. The van der Waals surface area contributed by atoms with Crippen molar-refractivity contribution in [2.24, 2.45) is 0 Å². The molecule has 184 valence electrons. The lowest BCUT2D eigenvalue weighted by Crippen LogP contribution is -2.76. The molecule has 0 unspecified atom stereocenters. The van der Waals surface area contributed by atoms with E-state index < -0.39 is 16.9 Å². The molecular formula is C27H30N2O6. The number of amides is 1. The Morgan fingerprint density at radius 2 is 1.89 bits per heavy atom. The number of nitrogens with one attached hydrogen (secondary N) is 1. The molecule has 1 spiro atoms. The van der Waals surface area contributed by atoms with Gasteiger partial charge in [0.1, 0.15) is 12.4 Å². The van der Waals surface area contributed by atoms with Gasteiger partial charge in [-0.1, -0.05) is 6.07 Å². The van der Waals surface area contributed by atoms with Gasteiger partial charge in [0.2, 0.25) is 0 Å². The first-order valence-electron chi connectivity index (χ1n) is 11.7. The fourth-order valence-corrected chi connectivity index (χ4v) is 6.10. The lowest BCUT2D eigenvalue weighted by molar-refractivity contribution is -0.134. The number of fused-ring (bicyclic) bond motifs is 1. The molecule has 3 aliphatic rings. The third kappa shape index (κ3) is 3.38. The standard InChI is InChI=1S/C27H30N2O6/c1-29-14-13-26-16-35-24-20(33-3)10-7-18(23(24)26)15-21(29)27(26,12-11-22(30)34-4)28-25(31)17-5-8-19(32-2)9-6-17/h5-12,21H,13-16H2,1-4H3,(H,28,31)/b12-11-/t21-,26-,27-/m1/s1. The van der Waals surface area contributed by atoms with Gasteiger partial charge in [0.15, 0.2) is 11.5 Å². The lowest BCUT2D eigenvalue weighted by atomic mass is 9.53. The Labute approximate surface area is 204 Å². The van der Waals surface area contributed by atoms with E-state index in [1.54, 1.807) is 38.5 Å². The van der Waals surface area contributed by atoms with Crippen LogP contribution in [-0.2, 0) is 21.4 Å². The van der Waals surface area contributed by atoms with Crippen LogP contribution in [0, 0.1) is 0 Å². The second-order valence-electron chi connectivity index (χ2n) is 9.36. The van der Waals surface area contributed by atoms with Crippen LogP contribution in [-0.4, -0.2) is 69.9 Å². The largest absolute Gasteiger partial charge is 0.497 e. The summed E-state index contributed by atoms with van der Waals surface area (Å²) in [6.07, 6.45) is 4.66. The van der Waals surface area contributed by atoms with Gasteiger partial charge >= 0.3 is 5.97 Å². The third-order valence-electron chi connectivity index (χ3n) is 7.88. The molecule has 1 amide bonds. The molecule has 1 N–H and O–H groups in total. The highest BCUT2D eigenvalue weighted by molar-refractivity contribution is 5.95. The topological polar surface area (TPSA) is 86.3 Å². The Balaban J connectivity index is 1.68. The van der Waals surface area contributed by atoms with Gasteiger partial charge in [0, 0.05) is 23.2 Å². The van der Waals surface area contributed by atoms with Crippen LogP contribution in [0.5, 0.6) is 17.2 Å². The zero-order valence-corrected chi connectivity index (χ0v) is 20.4. The van der Waals surface area contributed by atoms with Crippen LogP contribution in [0.4, 0.5) is 0 Å². The van der Waals surface area contributed by atoms with Crippen LogP contribution < -0.4 is 19.5 Å². The molecule has 8 nitrogen and oxygen atoms in total. The quantitative estimate of drug-likeness (QED) is 0.504. The molecule has 3 atom stereocenters. The Hall–Kier alpha value is -3.52. The number of esters is 1. The van der Waals surface area contributed by atoms with Gasteiger partial charge in [0.05, 0.1) is 32.3 Å². The number of ether oxygens (including phenoxy) is 4. The number of benzene rings is 2. The van der Waals surface area contributed by atoms with Gasteiger partial charge in [0.25, 0.3) is 5.91 Å². The number of carbonyl (C=O) groups is 2. The average molecular weight is 479 g/mol. The summed E-state index contributed by atoms with van der Waals surface area (Å²) < 4.78 is 22.1. The van der Waals surface area contributed by atoms with Crippen LogP contribution >= 0.6 is 0 Å². The summed E-state index contributed by atoms with van der Waals surface area (Å²) in [5.74, 6) is 1.36. The number of nitrogens with zero attached hydrogens (tertiary/aromatic N) is 1. The number of carbonyl (C=O) groups excluding carboxylic acids is 2. The normalized spacial score (nSPS) is 26.6. The summed E-state index contributed by atoms with van der Waals surface area (Å²) in [4.78, 5) is 28.2. The van der Waals surface area contributed by atoms with Crippen molar-refractivity contribution in [3.8, 4) is 17.2 Å². The number of rotatable bonds is 6. The summed E-state index contributed by atoms with van der Waals surface area (Å²) in [5, 5.41) is 3.36. The molecule has 0 saturated carbocycles. The van der Waals surface area contributed by atoms with Gasteiger partial charge in [-0.05, 0) is 68.4 Å². The van der Waals surface area contributed by atoms with Crippen molar-refractivity contribution >= 4 is 11.9 Å². The van der Waals surface area contributed by atoms with E-state index in [9.17, 15) is 9.59 Å². The van der Waals surface area contributed by atoms with Gasteiger partial charge in [-0.25, -0.2) is 4.79 Å². The number of methoxy groups -OCH3 is 3. The number of hydrogen-bond donors (Lipinski definition) is 1. The fraction of sp³-hybridized carbons (Fsp3) is 0.407. The Morgan fingerprint density at radius 3 is 2.57 bits per heavy atom. The van der Waals surface area contributed by atoms with E-state index in [-0.39, 0.29) is 11.9 Å². The predicted molar refractivity (Wildman–Crippen MR) is 129 cm³/mol. The molecule has 5 rings (SSSR count). The molecule has 0 aromatic heterocycles. The van der Waals surface area contributed by atoms with E-state index in [1.807, 2.05) is 12.1 Å². The number of likely N-dealkylation sites (tertiary alicyclic amines) is 1. The van der Waals surface area contributed by atoms with Crippen molar-refractivity contribution in [1.29, 1.82) is 0 Å². The second-order valence-corrected chi connectivity index (χ2v) is 9.36. The molecule has 2 heterocycles. The highest BCUT2D eigenvalue weighted by atomic mass is 16.5. The summed E-state index contributed by atoms with van der Waals surface area (Å²) in [7, 11) is 6.62. The molecule has 2 aromatic carbocycles. The summed E-state index contributed by atoms with van der Waals surface area (Å²) >= 11 is 0. The Morgan fingerprint density at radius 1 is 1.11 bits per heavy atom. The fourth-order valence-electron chi connectivity index (χ4n) is 6.10. The van der Waals surface area contributed by atoms with Crippen LogP contribution in [0.25, 0.3) is 0 Å². The summed E-state index contributed by atoms with van der Waals surface area (Å²) in [6.45, 7) is 1.20. The van der Waals surface area contributed by atoms with Crippen molar-refractivity contribution in [3.63, 3.8) is 0 Å². The minimum absolute atomic E-state index is 0.102. The minimum Gasteiger partial charge on any atom is -0.497 e. The maximum atomic E-state index is 13.7.